The van der Waals surface area contributed by atoms with E-state index >= 15 is 0 Å². The van der Waals surface area contributed by atoms with Crippen LogP contribution in [-0.4, -0.2) is 46.0 Å². The van der Waals surface area contributed by atoms with Crippen LogP contribution in [-0.2, 0) is 19.6 Å². The minimum Gasteiger partial charge on any atom is -0.376 e. The van der Waals surface area contributed by atoms with E-state index in [2.05, 4.69) is 10.6 Å². The monoisotopic (exact) mass is 525 g/mol. The first-order chi connectivity index (χ1) is 17.7. The third-order valence-electron chi connectivity index (χ3n) is 5.97. The number of nitrogens with zero attached hydrogens (tertiary/aromatic N) is 1. The number of ether oxygens (including phenoxy) is 1. The summed E-state index contributed by atoms with van der Waals surface area (Å²) in [5.74, 6) is -1.60. The lowest BCUT2D eigenvalue weighted by atomic mass is 10.1. The molecule has 1 saturated heterocycles. The summed E-state index contributed by atoms with van der Waals surface area (Å²) < 4.78 is 46.8. The molecule has 0 unspecified atom stereocenters. The van der Waals surface area contributed by atoms with Gasteiger partial charge >= 0.3 is 0 Å². The van der Waals surface area contributed by atoms with Gasteiger partial charge in [-0.15, -0.1) is 0 Å². The van der Waals surface area contributed by atoms with Gasteiger partial charge in [-0.3, -0.25) is 13.9 Å². The van der Waals surface area contributed by atoms with Crippen molar-refractivity contribution < 1.29 is 27.1 Å². The standard InChI is InChI=1S/C27H28FN3O5S/c1-19-8-12-21(13-9-19)31(37(34,35)23-14-10-20(28)11-15-23)18-26(32)30-25-7-3-2-6-24(25)27(33)29-17-22-5-4-16-36-22/h2-3,6-15,22H,4-5,16-18H2,1H3,(H,29,33)(H,30,32)/t22-/m1/s1. The average molecular weight is 526 g/mol. The number of nitrogens with one attached hydrogen (secondary N) is 2. The summed E-state index contributed by atoms with van der Waals surface area (Å²) >= 11 is 0. The van der Waals surface area contributed by atoms with Crippen molar-refractivity contribution in [3.05, 3.63) is 89.7 Å². The Labute approximate surface area is 215 Å². The summed E-state index contributed by atoms with van der Waals surface area (Å²) in [6.45, 7) is 2.33. The van der Waals surface area contributed by atoms with Crippen LogP contribution in [0.25, 0.3) is 0 Å². The molecule has 1 aliphatic heterocycles. The second-order valence-corrected chi connectivity index (χ2v) is 10.6. The molecule has 0 aromatic heterocycles. The van der Waals surface area contributed by atoms with Gasteiger partial charge in [0.05, 0.1) is 27.9 Å². The molecule has 2 amide bonds. The Morgan fingerprint density at radius 1 is 1.03 bits per heavy atom. The van der Waals surface area contributed by atoms with E-state index in [1.165, 1.54) is 0 Å². The molecule has 4 rings (SSSR count). The second-order valence-electron chi connectivity index (χ2n) is 8.74. The molecule has 3 aromatic carbocycles. The maximum atomic E-state index is 13.5. The number of rotatable bonds is 9. The predicted molar refractivity (Wildman–Crippen MR) is 138 cm³/mol. The van der Waals surface area contributed by atoms with Gasteiger partial charge in [-0.1, -0.05) is 29.8 Å². The normalized spacial score (nSPS) is 15.2. The van der Waals surface area contributed by atoms with Crippen molar-refractivity contribution in [3.8, 4) is 0 Å². The molecule has 0 aliphatic carbocycles. The van der Waals surface area contributed by atoms with Gasteiger partial charge in [0.15, 0.2) is 0 Å². The molecule has 1 aliphatic rings. The van der Waals surface area contributed by atoms with Crippen molar-refractivity contribution >= 4 is 33.2 Å². The molecular weight excluding hydrogens is 497 g/mol. The van der Waals surface area contributed by atoms with Crippen LogP contribution in [0.5, 0.6) is 0 Å². The molecule has 0 spiro atoms. The van der Waals surface area contributed by atoms with Crippen molar-refractivity contribution in [2.75, 3.05) is 29.3 Å². The van der Waals surface area contributed by atoms with Gasteiger partial charge < -0.3 is 15.4 Å². The maximum Gasteiger partial charge on any atom is 0.264 e. The summed E-state index contributed by atoms with van der Waals surface area (Å²) in [6.07, 6.45) is 1.78. The number of carbonyl (C=O) groups is 2. The molecule has 1 atom stereocenters. The summed E-state index contributed by atoms with van der Waals surface area (Å²) in [7, 11) is -4.20. The molecule has 37 heavy (non-hydrogen) atoms. The van der Waals surface area contributed by atoms with Crippen molar-refractivity contribution in [1.29, 1.82) is 0 Å². The van der Waals surface area contributed by atoms with Crippen molar-refractivity contribution in [2.45, 2.75) is 30.8 Å². The molecule has 0 saturated carbocycles. The topological polar surface area (TPSA) is 105 Å². The zero-order valence-corrected chi connectivity index (χ0v) is 21.1. The summed E-state index contributed by atoms with van der Waals surface area (Å²) in [4.78, 5) is 25.7. The summed E-state index contributed by atoms with van der Waals surface area (Å²) in [6, 6.07) is 17.5. The van der Waals surface area contributed by atoms with Crippen LogP contribution in [0.4, 0.5) is 15.8 Å². The highest BCUT2D eigenvalue weighted by molar-refractivity contribution is 7.92. The van der Waals surface area contributed by atoms with E-state index in [1.54, 1.807) is 48.5 Å². The Hall–Kier alpha value is -3.76. The molecule has 10 heteroatoms. The lowest BCUT2D eigenvalue weighted by Gasteiger charge is -2.24. The minimum absolute atomic E-state index is 0.0366. The highest BCUT2D eigenvalue weighted by Crippen LogP contribution is 2.25. The Morgan fingerprint density at radius 3 is 2.41 bits per heavy atom. The molecule has 2 N–H and O–H groups in total. The Balaban J connectivity index is 1.55. The van der Waals surface area contributed by atoms with E-state index in [1.807, 2.05) is 6.92 Å². The van der Waals surface area contributed by atoms with Gasteiger partial charge in [0.25, 0.3) is 15.9 Å². The molecule has 8 nitrogen and oxygen atoms in total. The Kier molecular flexibility index (Phi) is 8.20. The number of para-hydroxylation sites is 1. The van der Waals surface area contributed by atoms with E-state index < -0.39 is 28.3 Å². The number of halogens is 1. The van der Waals surface area contributed by atoms with E-state index in [4.69, 9.17) is 4.74 Å². The number of hydrogen-bond acceptors (Lipinski definition) is 5. The van der Waals surface area contributed by atoms with Crippen LogP contribution in [0.3, 0.4) is 0 Å². The second kappa shape index (κ2) is 11.5. The number of anilines is 2. The van der Waals surface area contributed by atoms with Crippen molar-refractivity contribution in [1.82, 2.24) is 5.32 Å². The molecule has 1 heterocycles. The third kappa shape index (κ3) is 6.52. The first-order valence-corrected chi connectivity index (χ1v) is 13.3. The lowest BCUT2D eigenvalue weighted by Crippen LogP contribution is -2.38. The number of sulfonamides is 1. The molecular formula is C27H28FN3O5S. The number of carbonyl (C=O) groups excluding carboxylic acids is 2. The van der Waals surface area contributed by atoms with E-state index in [9.17, 15) is 22.4 Å². The van der Waals surface area contributed by atoms with E-state index in [0.717, 1.165) is 47.0 Å². The zero-order valence-electron chi connectivity index (χ0n) is 20.3. The highest BCUT2D eigenvalue weighted by Gasteiger charge is 2.28. The van der Waals surface area contributed by atoms with Gasteiger partial charge in [0.2, 0.25) is 5.91 Å². The molecule has 0 bridgehead atoms. The van der Waals surface area contributed by atoms with Crippen molar-refractivity contribution in [2.24, 2.45) is 0 Å². The van der Waals surface area contributed by atoms with Gasteiger partial charge in [-0.2, -0.15) is 0 Å². The molecule has 1 fully saturated rings. The number of hydrogen-bond donors (Lipinski definition) is 2. The zero-order chi connectivity index (χ0) is 26.4. The number of aryl methyl sites for hydroxylation is 1. The Morgan fingerprint density at radius 2 is 1.73 bits per heavy atom. The highest BCUT2D eigenvalue weighted by atomic mass is 32.2. The predicted octanol–water partition coefficient (Wildman–Crippen LogP) is 3.88. The van der Waals surface area contributed by atoms with Crippen LogP contribution < -0.4 is 14.9 Å². The fourth-order valence-electron chi connectivity index (χ4n) is 3.98. The molecule has 0 radical (unpaired) electrons. The number of benzene rings is 3. The van der Waals surface area contributed by atoms with Gasteiger partial charge in [-0.05, 0) is 68.3 Å². The fraction of sp³-hybridized carbons (Fsp3) is 0.259. The van der Waals surface area contributed by atoms with Gasteiger partial charge in [-0.25, -0.2) is 12.8 Å². The van der Waals surface area contributed by atoms with Crippen LogP contribution in [0.2, 0.25) is 0 Å². The van der Waals surface area contributed by atoms with Crippen LogP contribution >= 0.6 is 0 Å². The Bertz CT molecular complexity index is 1360. The smallest absolute Gasteiger partial charge is 0.264 e. The van der Waals surface area contributed by atoms with Crippen LogP contribution in [0, 0.1) is 12.7 Å². The third-order valence-corrected chi connectivity index (χ3v) is 7.76. The first-order valence-electron chi connectivity index (χ1n) is 11.9. The fourth-order valence-corrected chi connectivity index (χ4v) is 5.40. The first kappa shape index (κ1) is 26.3. The maximum absolute atomic E-state index is 13.5. The van der Waals surface area contributed by atoms with E-state index in [0.29, 0.717) is 13.2 Å². The van der Waals surface area contributed by atoms with E-state index in [-0.39, 0.29) is 33.8 Å². The lowest BCUT2D eigenvalue weighted by molar-refractivity contribution is -0.114. The van der Waals surface area contributed by atoms with Gasteiger partial charge in [0, 0.05) is 13.2 Å². The minimum atomic E-state index is -4.20. The largest absolute Gasteiger partial charge is 0.376 e. The number of amides is 2. The SMILES string of the molecule is Cc1ccc(N(CC(=O)Nc2ccccc2C(=O)NC[C@H]2CCCO2)S(=O)(=O)c2ccc(F)cc2)cc1. The van der Waals surface area contributed by atoms with Crippen LogP contribution in [0.15, 0.2) is 77.7 Å². The molecule has 3 aromatic rings. The van der Waals surface area contributed by atoms with Crippen molar-refractivity contribution in [3.63, 3.8) is 0 Å². The summed E-state index contributed by atoms with van der Waals surface area (Å²) in [5.41, 5.74) is 1.68. The summed E-state index contributed by atoms with van der Waals surface area (Å²) in [5, 5.41) is 5.49. The van der Waals surface area contributed by atoms with Gasteiger partial charge in [0.1, 0.15) is 12.4 Å². The molecule has 194 valence electrons. The van der Waals surface area contributed by atoms with Crippen LogP contribution in [0.1, 0.15) is 28.8 Å². The average Bonchev–Trinajstić information content (AvgIpc) is 3.41. The quantitative estimate of drug-likeness (QED) is 0.441.